The van der Waals surface area contributed by atoms with Crippen molar-refractivity contribution < 1.29 is 24.5 Å². The van der Waals surface area contributed by atoms with Gasteiger partial charge in [0.2, 0.25) is 0 Å². The van der Waals surface area contributed by atoms with Crippen molar-refractivity contribution >= 4 is 46.2 Å². The first kappa shape index (κ1) is 18.7. The van der Waals surface area contributed by atoms with Gasteiger partial charge in [-0.3, -0.25) is 15.0 Å². The third kappa shape index (κ3) is 4.04. The number of carbonyl (C=O) groups excluding carboxylic acids is 2. The Balaban J connectivity index is 1.76. The minimum absolute atomic E-state index is 0.177. The standard InChI is InChI=1S/C18H14N2O5S2/c1-25-12-5-3-11(4-6-12)16(23)19-20-17(24)15(27-18(20)26)9-10-2-7-13(21)14(22)8-10/h2-9,21-22H,1H3,(H,19,23). The second kappa shape index (κ2) is 7.68. The Morgan fingerprint density at radius 1 is 1.19 bits per heavy atom. The number of hydrogen-bond acceptors (Lipinski definition) is 7. The molecule has 0 bridgehead atoms. The van der Waals surface area contributed by atoms with Crippen LogP contribution >= 0.6 is 24.0 Å². The van der Waals surface area contributed by atoms with Gasteiger partial charge in [-0.15, -0.1) is 0 Å². The molecule has 2 aromatic rings. The van der Waals surface area contributed by atoms with Gasteiger partial charge in [-0.25, -0.2) is 0 Å². The second-order valence-corrected chi connectivity index (χ2v) is 7.11. The summed E-state index contributed by atoms with van der Waals surface area (Å²) in [4.78, 5) is 25.2. The number of thioether (sulfide) groups is 1. The van der Waals surface area contributed by atoms with Gasteiger partial charge in [-0.05, 0) is 60.3 Å². The molecule has 1 heterocycles. The van der Waals surface area contributed by atoms with E-state index in [2.05, 4.69) is 5.43 Å². The van der Waals surface area contributed by atoms with Crippen LogP contribution in [0.4, 0.5) is 0 Å². The van der Waals surface area contributed by atoms with Gasteiger partial charge in [0.1, 0.15) is 5.75 Å². The number of phenolic OH excluding ortho intramolecular Hbond substituents is 2. The third-order valence-corrected chi connectivity index (χ3v) is 4.96. The molecule has 3 rings (SSSR count). The highest BCUT2D eigenvalue weighted by Gasteiger charge is 2.33. The highest BCUT2D eigenvalue weighted by molar-refractivity contribution is 8.26. The van der Waals surface area contributed by atoms with E-state index in [1.807, 2.05) is 0 Å². The van der Waals surface area contributed by atoms with Crippen molar-refractivity contribution in [2.45, 2.75) is 0 Å². The number of thiocarbonyl (C=S) groups is 1. The van der Waals surface area contributed by atoms with Crippen molar-refractivity contribution in [2.24, 2.45) is 0 Å². The predicted molar refractivity (Wildman–Crippen MR) is 105 cm³/mol. The van der Waals surface area contributed by atoms with Crippen LogP contribution in [0.3, 0.4) is 0 Å². The van der Waals surface area contributed by atoms with Crippen molar-refractivity contribution in [1.82, 2.24) is 10.4 Å². The van der Waals surface area contributed by atoms with E-state index < -0.39 is 11.8 Å². The Labute approximate surface area is 164 Å². The average molecular weight is 402 g/mol. The van der Waals surface area contributed by atoms with Crippen LogP contribution in [0.5, 0.6) is 17.2 Å². The van der Waals surface area contributed by atoms with Gasteiger partial charge < -0.3 is 14.9 Å². The molecule has 0 unspecified atom stereocenters. The lowest BCUT2D eigenvalue weighted by molar-refractivity contribution is -0.123. The van der Waals surface area contributed by atoms with E-state index in [0.717, 1.165) is 16.8 Å². The number of hydrogen-bond donors (Lipinski definition) is 3. The molecular weight excluding hydrogens is 388 g/mol. The molecule has 3 N–H and O–H groups in total. The number of ether oxygens (including phenoxy) is 1. The number of carbonyl (C=O) groups is 2. The van der Waals surface area contributed by atoms with E-state index in [-0.39, 0.29) is 20.7 Å². The molecule has 2 aromatic carbocycles. The molecule has 0 radical (unpaired) electrons. The zero-order valence-electron chi connectivity index (χ0n) is 14.0. The Morgan fingerprint density at radius 3 is 2.52 bits per heavy atom. The van der Waals surface area contributed by atoms with Crippen molar-refractivity contribution in [3.05, 3.63) is 58.5 Å². The maximum atomic E-state index is 12.5. The van der Waals surface area contributed by atoms with Crippen LogP contribution in [0, 0.1) is 0 Å². The largest absolute Gasteiger partial charge is 0.504 e. The molecule has 0 aromatic heterocycles. The van der Waals surface area contributed by atoms with Crippen LogP contribution in [-0.4, -0.2) is 38.5 Å². The van der Waals surface area contributed by atoms with E-state index in [4.69, 9.17) is 17.0 Å². The van der Waals surface area contributed by atoms with Crippen molar-refractivity contribution in [3.8, 4) is 17.2 Å². The van der Waals surface area contributed by atoms with E-state index in [1.54, 1.807) is 24.3 Å². The first-order chi connectivity index (χ1) is 12.9. The zero-order chi connectivity index (χ0) is 19.6. The van der Waals surface area contributed by atoms with Gasteiger partial charge in [0.25, 0.3) is 11.8 Å². The number of hydrazine groups is 1. The predicted octanol–water partition coefficient (Wildman–Crippen LogP) is 2.65. The molecule has 138 valence electrons. The fraction of sp³-hybridized carbons (Fsp3) is 0.0556. The number of methoxy groups -OCH3 is 1. The summed E-state index contributed by atoms with van der Waals surface area (Å²) in [6, 6.07) is 10.6. The zero-order valence-corrected chi connectivity index (χ0v) is 15.6. The van der Waals surface area contributed by atoms with Crippen LogP contribution < -0.4 is 10.2 Å². The van der Waals surface area contributed by atoms with Crippen LogP contribution in [-0.2, 0) is 4.79 Å². The van der Waals surface area contributed by atoms with Gasteiger partial charge >= 0.3 is 0 Å². The number of nitrogens with zero attached hydrogens (tertiary/aromatic N) is 1. The Kier molecular flexibility index (Phi) is 5.33. The molecule has 0 spiro atoms. The summed E-state index contributed by atoms with van der Waals surface area (Å²) in [6.45, 7) is 0. The molecule has 7 nitrogen and oxygen atoms in total. The molecule has 2 amide bonds. The third-order valence-electron chi connectivity index (χ3n) is 3.66. The summed E-state index contributed by atoms with van der Waals surface area (Å²) < 4.78 is 5.22. The lowest BCUT2D eigenvalue weighted by Gasteiger charge is -2.15. The Hall–Kier alpha value is -3.04. The SMILES string of the molecule is COc1ccc(C(=O)NN2C(=O)C(=Cc3ccc(O)c(O)c3)SC2=S)cc1. The summed E-state index contributed by atoms with van der Waals surface area (Å²) in [7, 11) is 1.52. The molecule has 0 atom stereocenters. The minimum atomic E-state index is -0.488. The molecule has 1 fully saturated rings. The summed E-state index contributed by atoms with van der Waals surface area (Å²) in [5, 5.41) is 19.9. The maximum absolute atomic E-state index is 12.5. The van der Waals surface area contributed by atoms with Gasteiger partial charge in [0.05, 0.1) is 12.0 Å². The van der Waals surface area contributed by atoms with E-state index in [1.165, 1.54) is 31.4 Å². The molecule has 9 heteroatoms. The maximum Gasteiger partial charge on any atom is 0.285 e. The number of amides is 2. The fourth-order valence-electron chi connectivity index (χ4n) is 2.25. The van der Waals surface area contributed by atoms with Gasteiger partial charge in [-0.2, -0.15) is 5.01 Å². The number of benzene rings is 2. The highest BCUT2D eigenvalue weighted by atomic mass is 32.2. The summed E-state index contributed by atoms with van der Waals surface area (Å²) >= 11 is 6.19. The lowest BCUT2D eigenvalue weighted by atomic mass is 10.2. The van der Waals surface area contributed by atoms with Crippen molar-refractivity contribution in [2.75, 3.05) is 7.11 Å². The molecule has 1 aliphatic rings. The summed E-state index contributed by atoms with van der Waals surface area (Å²) in [5.41, 5.74) is 3.33. The number of rotatable bonds is 4. The van der Waals surface area contributed by atoms with Crippen molar-refractivity contribution in [3.63, 3.8) is 0 Å². The minimum Gasteiger partial charge on any atom is -0.504 e. The normalized spacial score (nSPS) is 15.3. The molecule has 0 saturated carbocycles. The molecule has 0 aliphatic carbocycles. The van der Waals surface area contributed by atoms with E-state index in [0.29, 0.717) is 16.9 Å². The first-order valence-corrected chi connectivity index (χ1v) is 8.86. The Bertz CT molecular complexity index is 957. The van der Waals surface area contributed by atoms with Crippen LogP contribution in [0.1, 0.15) is 15.9 Å². The van der Waals surface area contributed by atoms with Crippen LogP contribution in [0.25, 0.3) is 6.08 Å². The van der Waals surface area contributed by atoms with Gasteiger partial charge in [0.15, 0.2) is 15.8 Å². The van der Waals surface area contributed by atoms with Crippen LogP contribution in [0.15, 0.2) is 47.4 Å². The topological polar surface area (TPSA) is 99.1 Å². The summed E-state index contributed by atoms with van der Waals surface area (Å²) in [5.74, 6) is -0.923. The summed E-state index contributed by atoms with van der Waals surface area (Å²) in [6.07, 6.45) is 1.51. The average Bonchev–Trinajstić information content (AvgIpc) is 2.92. The molecule has 27 heavy (non-hydrogen) atoms. The van der Waals surface area contributed by atoms with E-state index >= 15 is 0 Å². The van der Waals surface area contributed by atoms with Crippen molar-refractivity contribution in [1.29, 1.82) is 0 Å². The number of aromatic hydroxyl groups is 2. The number of phenols is 2. The lowest BCUT2D eigenvalue weighted by Crippen LogP contribution is -2.44. The molecule has 1 saturated heterocycles. The van der Waals surface area contributed by atoms with Crippen LogP contribution in [0.2, 0.25) is 0 Å². The van der Waals surface area contributed by atoms with E-state index in [9.17, 15) is 19.8 Å². The fourth-order valence-corrected chi connectivity index (χ4v) is 3.43. The first-order valence-electron chi connectivity index (χ1n) is 7.64. The Morgan fingerprint density at radius 2 is 1.89 bits per heavy atom. The molecular formula is C18H14N2O5S2. The number of nitrogens with one attached hydrogen (secondary N) is 1. The molecule has 1 aliphatic heterocycles. The quantitative estimate of drug-likeness (QED) is 0.411. The second-order valence-electron chi connectivity index (χ2n) is 5.43. The van der Waals surface area contributed by atoms with Gasteiger partial charge in [-0.1, -0.05) is 17.8 Å². The highest BCUT2D eigenvalue weighted by Crippen LogP contribution is 2.33. The monoisotopic (exact) mass is 402 g/mol. The van der Waals surface area contributed by atoms with Gasteiger partial charge in [0, 0.05) is 5.56 Å². The smallest absolute Gasteiger partial charge is 0.285 e.